The molecule has 1 unspecified atom stereocenters. The third-order valence-corrected chi connectivity index (χ3v) is 2.34. The first-order valence-corrected chi connectivity index (χ1v) is 6.11. The molecular formula is C15H26. The lowest BCUT2D eigenvalue weighted by Gasteiger charge is -2.20. The Morgan fingerprint density at radius 2 is 1.87 bits per heavy atom. The van der Waals surface area contributed by atoms with Gasteiger partial charge in [-0.05, 0) is 30.8 Å². The van der Waals surface area contributed by atoms with Crippen molar-refractivity contribution in [1.82, 2.24) is 0 Å². The van der Waals surface area contributed by atoms with Gasteiger partial charge < -0.3 is 0 Å². The molecule has 1 aliphatic carbocycles. The van der Waals surface area contributed by atoms with Crippen molar-refractivity contribution in [2.75, 3.05) is 0 Å². The Morgan fingerprint density at radius 3 is 2.20 bits per heavy atom. The lowest BCUT2D eigenvalue weighted by atomic mass is 9.84. The third kappa shape index (κ3) is 5.47. The highest BCUT2D eigenvalue weighted by Gasteiger charge is 2.15. The minimum Gasteiger partial charge on any atom is -0.115 e. The Balaban J connectivity index is 0. The fourth-order valence-corrected chi connectivity index (χ4v) is 1.66. The van der Waals surface area contributed by atoms with E-state index in [4.69, 9.17) is 6.42 Å². The summed E-state index contributed by atoms with van der Waals surface area (Å²) in [5.41, 5.74) is 2.46. The lowest BCUT2D eigenvalue weighted by Crippen LogP contribution is -2.06. The van der Waals surface area contributed by atoms with E-state index in [0.717, 1.165) is 6.42 Å². The van der Waals surface area contributed by atoms with E-state index in [-0.39, 0.29) is 0 Å². The van der Waals surface area contributed by atoms with Crippen LogP contribution in [0.25, 0.3) is 0 Å². The lowest BCUT2D eigenvalue weighted by molar-refractivity contribution is 0.554. The third-order valence-electron chi connectivity index (χ3n) is 2.34. The Kier molecular flexibility index (Phi) is 12.2. The van der Waals surface area contributed by atoms with E-state index in [9.17, 15) is 0 Å². The summed E-state index contributed by atoms with van der Waals surface area (Å²) in [5.74, 6) is 3.36. The normalized spacial score (nSPS) is 18.8. The fourth-order valence-electron chi connectivity index (χ4n) is 1.66. The van der Waals surface area contributed by atoms with Gasteiger partial charge in [-0.1, -0.05) is 53.2 Å². The quantitative estimate of drug-likeness (QED) is 0.531. The van der Waals surface area contributed by atoms with E-state index in [0.29, 0.717) is 5.92 Å². The van der Waals surface area contributed by atoms with Crippen molar-refractivity contribution in [3.8, 4) is 12.3 Å². The summed E-state index contributed by atoms with van der Waals surface area (Å²) in [4.78, 5) is 0. The number of rotatable bonds is 1. The molecule has 0 aromatic carbocycles. The maximum Gasteiger partial charge on any atom is 0.00521 e. The predicted octanol–water partition coefficient (Wildman–Crippen LogP) is 4.97. The smallest absolute Gasteiger partial charge is 0.00521 e. The largest absolute Gasteiger partial charge is 0.115 e. The second-order valence-corrected chi connectivity index (χ2v) is 3.08. The molecule has 0 aromatic heterocycles. The molecule has 86 valence electrons. The highest BCUT2D eigenvalue weighted by Crippen LogP contribution is 2.29. The minimum atomic E-state index is 0.618. The van der Waals surface area contributed by atoms with Gasteiger partial charge in [0.15, 0.2) is 0 Å². The van der Waals surface area contributed by atoms with Crippen LogP contribution in [0.5, 0.6) is 0 Å². The van der Waals surface area contributed by atoms with Crippen molar-refractivity contribution in [2.24, 2.45) is 5.92 Å². The van der Waals surface area contributed by atoms with E-state index in [1.165, 1.54) is 24.0 Å². The molecule has 0 spiro atoms. The number of hydrogen-bond donors (Lipinski definition) is 0. The van der Waals surface area contributed by atoms with Gasteiger partial charge in [-0.2, -0.15) is 0 Å². The van der Waals surface area contributed by atoms with Crippen LogP contribution in [0.4, 0.5) is 0 Å². The molecule has 0 aliphatic heterocycles. The minimum absolute atomic E-state index is 0.618. The Hall–Kier alpha value is -0.960. The number of allylic oxidation sites excluding steroid dienone is 3. The average Bonchev–Trinajstić information content (AvgIpc) is 2.33. The molecular weight excluding hydrogens is 180 g/mol. The zero-order valence-corrected chi connectivity index (χ0v) is 11.1. The van der Waals surface area contributed by atoms with Gasteiger partial charge in [0.25, 0.3) is 0 Å². The van der Waals surface area contributed by atoms with Gasteiger partial charge in [-0.25, -0.2) is 0 Å². The van der Waals surface area contributed by atoms with Crippen LogP contribution < -0.4 is 0 Å². The SMILES string of the molecule is C#CC1=C(C=C)C(C)CCC1.CC.CC. The highest BCUT2D eigenvalue weighted by atomic mass is 14.2. The second kappa shape index (κ2) is 11.1. The van der Waals surface area contributed by atoms with Crippen molar-refractivity contribution >= 4 is 0 Å². The summed E-state index contributed by atoms with van der Waals surface area (Å²) in [6.07, 6.45) is 10.9. The molecule has 0 bridgehead atoms. The molecule has 0 aromatic rings. The van der Waals surface area contributed by atoms with Gasteiger partial charge in [0, 0.05) is 5.57 Å². The van der Waals surface area contributed by atoms with Gasteiger partial charge in [-0.3, -0.25) is 0 Å². The molecule has 0 N–H and O–H groups in total. The van der Waals surface area contributed by atoms with Crippen LogP contribution in [0.3, 0.4) is 0 Å². The van der Waals surface area contributed by atoms with Crippen molar-refractivity contribution in [3.63, 3.8) is 0 Å². The molecule has 0 nitrogen and oxygen atoms in total. The van der Waals surface area contributed by atoms with Crippen LogP contribution in [0, 0.1) is 18.3 Å². The molecule has 0 saturated carbocycles. The summed E-state index contributed by atoms with van der Waals surface area (Å²) in [7, 11) is 0. The van der Waals surface area contributed by atoms with E-state index in [1.807, 2.05) is 33.8 Å². The Bertz CT molecular complexity index is 225. The van der Waals surface area contributed by atoms with E-state index in [1.54, 1.807) is 0 Å². The van der Waals surface area contributed by atoms with E-state index < -0.39 is 0 Å². The maximum atomic E-state index is 5.38. The molecule has 0 radical (unpaired) electrons. The zero-order chi connectivity index (χ0) is 12.3. The van der Waals surface area contributed by atoms with Crippen molar-refractivity contribution in [1.29, 1.82) is 0 Å². The van der Waals surface area contributed by atoms with Crippen LogP contribution in [-0.4, -0.2) is 0 Å². The first kappa shape index (κ1) is 16.5. The first-order valence-electron chi connectivity index (χ1n) is 6.11. The zero-order valence-electron chi connectivity index (χ0n) is 11.1. The summed E-state index contributed by atoms with van der Waals surface area (Å²) < 4.78 is 0. The molecule has 0 amide bonds. The van der Waals surface area contributed by atoms with Gasteiger partial charge in [0.1, 0.15) is 0 Å². The molecule has 1 rings (SSSR count). The summed E-state index contributed by atoms with van der Waals surface area (Å²) in [6, 6.07) is 0. The first-order chi connectivity index (χ1) is 7.29. The van der Waals surface area contributed by atoms with E-state index >= 15 is 0 Å². The Morgan fingerprint density at radius 1 is 1.33 bits per heavy atom. The van der Waals surface area contributed by atoms with Crippen LogP contribution in [-0.2, 0) is 0 Å². The van der Waals surface area contributed by atoms with Gasteiger partial charge >= 0.3 is 0 Å². The maximum absolute atomic E-state index is 5.38. The molecule has 0 saturated heterocycles. The van der Waals surface area contributed by atoms with Crippen molar-refractivity contribution in [2.45, 2.75) is 53.9 Å². The molecule has 0 heteroatoms. The van der Waals surface area contributed by atoms with Crippen molar-refractivity contribution in [3.05, 3.63) is 23.8 Å². The van der Waals surface area contributed by atoms with E-state index in [2.05, 4.69) is 19.4 Å². The standard InChI is InChI=1S/C11H14.2C2H6/c1-4-10-8-6-7-9(3)11(10)5-2;2*1-2/h1,5,9H,2,6-8H2,3H3;2*1-2H3. The monoisotopic (exact) mass is 206 g/mol. The van der Waals surface area contributed by atoms with Gasteiger partial charge in [-0.15, -0.1) is 6.42 Å². The topological polar surface area (TPSA) is 0 Å². The predicted molar refractivity (Wildman–Crippen MR) is 71.8 cm³/mol. The second-order valence-electron chi connectivity index (χ2n) is 3.08. The van der Waals surface area contributed by atoms with Crippen LogP contribution in [0.2, 0.25) is 0 Å². The molecule has 15 heavy (non-hydrogen) atoms. The molecule has 1 aliphatic rings. The summed E-state index contributed by atoms with van der Waals surface area (Å²) >= 11 is 0. The van der Waals surface area contributed by atoms with Crippen LogP contribution in [0.15, 0.2) is 23.8 Å². The number of terminal acetylenes is 1. The molecule has 1 atom stereocenters. The highest BCUT2D eigenvalue weighted by molar-refractivity contribution is 5.39. The number of hydrogen-bond acceptors (Lipinski definition) is 0. The van der Waals surface area contributed by atoms with Gasteiger partial charge in [0.05, 0.1) is 0 Å². The fraction of sp³-hybridized carbons (Fsp3) is 0.600. The molecule has 0 fully saturated rings. The van der Waals surface area contributed by atoms with Gasteiger partial charge in [0.2, 0.25) is 0 Å². The van der Waals surface area contributed by atoms with Crippen molar-refractivity contribution < 1.29 is 0 Å². The van der Waals surface area contributed by atoms with Crippen LogP contribution in [0.1, 0.15) is 53.9 Å². The average molecular weight is 206 g/mol. The summed E-state index contributed by atoms with van der Waals surface area (Å²) in [6.45, 7) is 14.0. The van der Waals surface area contributed by atoms with Crippen LogP contribution >= 0.6 is 0 Å². The summed E-state index contributed by atoms with van der Waals surface area (Å²) in [5, 5.41) is 0. The Labute approximate surface area is 96.5 Å². The molecule has 0 heterocycles.